The Kier molecular flexibility index (Phi) is 4.59. The molecule has 0 aromatic heterocycles. The largest absolute Gasteiger partial charge is 0.481 e. The molecule has 0 spiro atoms. The van der Waals surface area contributed by atoms with Gasteiger partial charge in [0, 0.05) is 12.6 Å². The molecule has 2 atom stereocenters. The molecule has 0 bridgehead atoms. The molecule has 5 heteroatoms. The Labute approximate surface area is 108 Å². The maximum absolute atomic E-state index is 11.7. The second-order valence-electron chi connectivity index (χ2n) is 6.19. The third-order valence-corrected chi connectivity index (χ3v) is 3.74. The number of carboxylic acid groups (broad SMARTS) is 1. The fraction of sp³-hybridized carbons (Fsp3) is 0.846. The number of urea groups is 1. The van der Waals surface area contributed by atoms with Crippen molar-refractivity contribution in [3.8, 4) is 0 Å². The molecule has 1 aliphatic rings. The lowest BCUT2D eigenvalue weighted by molar-refractivity contribution is -0.137. The van der Waals surface area contributed by atoms with Gasteiger partial charge >= 0.3 is 12.0 Å². The monoisotopic (exact) mass is 256 g/mol. The molecule has 18 heavy (non-hydrogen) atoms. The second-order valence-corrected chi connectivity index (χ2v) is 6.19. The van der Waals surface area contributed by atoms with E-state index in [0.717, 1.165) is 6.42 Å². The van der Waals surface area contributed by atoms with Crippen LogP contribution in [0.2, 0.25) is 0 Å². The number of hydrogen-bond donors (Lipinski definition) is 3. The van der Waals surface area contributed by atoms with E-state index < -0.39 is 5.97 Å². The number of nitrogens with one attached hydrogen (secondary N) is 2. The Bertz CT molecular complexity index is 326. The first-order valence-corrected chi connectivity index (χ1v) is 6.48. The minimum atomic E-state index is -0.891. The van der Waals surface area contributed by atoms with E-state index in [-0.39, 0.29) is 24.4 Å². The first kappa shape index (κ1) is 14.8. The number of carbonyl (C=O) groups is 2. The molecule has 0 saturated heterocycles. The van der Waals surface area contributed by atoms with Crippen LogP contribution in [0.25, 0.3) is 0 Å². The van der Waals surface area contributed by atoms with Crippen LogP contribution >= 0.6 is 0 Å². The van der Waals surface area contributed by atoms with Gasteiger partial charge in [-0.2, -0.15) is 0 Å². The summed E-state index contributed by atoms with van der Waals surface area (Å²) in [5, 5.41) is 14.3. The molecule has 0 heterocycles. The minimum Gasteiger partial charge on any atom is -0.481 e. The van der Waals surface area contributed by atoms with Crippen molar-refractivity contribution in [1.82, 2.24) is 10.6 Å². The van der Waals surface area contributed by atoms with Crippen LogP contribution in [0.1, 0.15) is 40.5 Å². The summed E-state index contributed by atoms with van der Waals surface area (Å²) in [6, 6.07) is -0.590. The van der Waals surface area contributed by atoms with E-state index in [2.05, 4.69) is 24.5 Å². The van der Waals surface area contributed by atoms with E-state index in [1.807, 2.05) is 13.8 Å². The minimum absolute atomic E-state index is 0.0417. The van der Waals surface area contributed by atoms with E-state index in [1.165, 1.54) is 0 Å². The van der Waals surface area contributed by atoms with E-state index in [9.17, 15) is 9.59 Å². The van der Waals surface area contributed by atoms with Crippen molar-refractivity contribution in [3.05, 3.63) is 0 Å². The van der Waals surface area contributed by atoms with Gasteiger partial charge in [0.2, 0.25) is 0 Å². The van der Waals surface area contributed by atoms with Gasteiger partial charge in [-0.25, -0.2) is 4.79 Å². The SMILES string of the molecule is CC(C)C(CC(=O)O)NC(=O)NCC1CC1(C)C. The average molecular weight is 256 g/mol. The van der Waals surface area contributed by atoms with Crippen LogP contribution in [0.3, 0.4) is 0 Å². The lowest BCUT2D eigenvalue weighted by Gasteiger charge is -2.21. The number of hydrogen-bond acceptors (Lipinski definition) is 2. The molecule has 1 saturated carbocycles. The van der Waals surface area contributed by atoms with Gasteiger partial charge in [-0.3, -0.25) is 4.79 Å². The molecule has 0 aromatic rings. The summed E-state index contributed by atoms with van der Waals surface area (Å²) in [5.41, 5.74) is 0.339. The zero-order valence-electron chi connectivity index (χ0n) is 11.6. The summed E-state index contributed by atoms with van der Waals surface area (Å²) < 4.78 is 0. The number of rotatable bonds is 6. The van der Waals surface area contributed by atoms with Gasteiger partial charge < -0.3 is 15.7 Å². The number of carboxylic acids is 1. The third-order valence-electron chi connectivity index (χ3n) is 3.74. The third kappa shape index (κ3) is 4.55. The van der Waals surface area contributed by atoms with Crippen LogP contribution < -0.4 is 10.6 Å². The number of aliphatic carboxylic acids is 1. The van der Waals surface area contributed by atoms with Crippen molar-refractivity contribution in [2.45, 2.75) is 46.6 Å². The molecule has 0 radical (unpaired) electrons. The van der Waals surface area contributed by atoms with Crippen molar-refractivity contribution in [3.63, 3.8) is 0 Å². The normalized spacial score (nSPS) is 22.4. The zero-order valence-corrected chi connectivity index (χ0v) is 11.6. The van der Waals surface area contributed by atoms with Gasteiger partial charge in [0.25, 0.3) is 0 Å². The highest BCUT2D eigenvalue weighted by Gasteiger charge is 2.45. The molecule has 5 nitrogen and oxygen atoms in total. The molecule has 3 N–H and O–H groups in total. The van der Waals surface area contributed by atoms with Gasteiger partial charge in [0.15, 0.2) is 0 Å². The van der Waals surface area contributed by atoms with Crippen molar-refractivity contribution in [2.75, 3.05) is 6.54 Å². The van der Waals surface area contributed by atoms with Crippen molar-refractivity contribution < 1.29 is 14.7 Å². The average Bonchev–Trinajstić information content (AvgIpc) is 2.82. The molecule has 1 aliphatic carbocycles. The maximum atomic E-state index is 11.7. The highest BCUT2D eigenvalue weighted by Crippen LogP contribution is 2.50. The van der Waals surface area contributed by atoms with Crippen LogP contribution in [0, 0.1) is 17.3 Å². The molecule has 0 aromatic carbocycles. The quantitative estimate of drug-likeness (QED) is 0.678. The van der Waals surface area contributed by atoms with Gasteiger partial charge in [0.1, 0.15) is 0 Å². The Balaban J connectivity index is 2.30. The fourth-order valence-corrected chi connectivity index (χ4v) is 2.00. The van der Waals surface area contributed by atoms with Gasteiger partial charge in [-0.1, -0.05) is 27.7 Å². The van der Waals surface area contributed by atoms with E-state index in [4.69, 9.17) is 5.11 Å². The fourth-order valence-electron chi connectivity index (χ4n) is 2.00. The predicted molar refractivity (Wildman–Crippen MR) is 69.3 cm³/mol. The summed E-state index contributed by atoms with van der Waals surface area (Å²) in [4.78, 5) is 22.4. The van der Waals surface area contributed by atoms with Crippen LogP contribution in [0.4, 0.5) is 4.79 Å². The summed E-state index contributed by atoms with van der Waals surface area (Å²) in [6.07, 6.45) is 1.09. The second kappa shape index (κ2) is 5.59. The van der Waals surface area contributed by atoms with Gasteiger partial charge in [0.05, 0.1) is 6.42 Å². The van der Waals surface area contributed by atoms with Crippen LogP contribution in [-0.2, 0) is 4.79 Å². The van der Waals surface area contributed by atoms with Crippen LogP contribution in [0.5, 0.6) is 0 Å². The molecule has 0 aliphatic heterocycles. The van der Waals surface area contributed by atoms with E-state index in [1.54, 1.807) is 0 Å². The summed E-state index contributed by atoms with van der Waals surface area (Å²) in [5.74, 6) is -0.248. The summed E-state index contributed by atoms with van der Waals surface area (Å²) >= 11 is 0. The molecule has 1 fully saturated rings. The molecular weight excluding hydrogens is 232 g/mol. The number of carbonyl (C=O) groups excluding carboxylic acids is 1. The molecular formula is C13H24N2O3. The zero-order chi connectivity index (χ0) is 13.9. The molecule has 2 unspecified atom stereocenters. The Morgan fingerprint density at radius 2 is 1.94 bits per heavy atom. The van der Waals surface area contributed by atoms with Gasteiger partial charge in [-0.15, -0.1) is 0 Å². The highest BCUT2D eigenvalue weighted by atomic mass is 16.4. The molecule has 2 amide bonds. The van der Waals surface area contributed by atoms with Crippen LogP contribution in [-0.4, -0.2) is 29.7 Å². The van der Waals surface area contributed by atoms with E-state index >= 15 is 0 Å². The predicted octanol–water partition coefficient (Wildman–Crippen LogP) is 1.83. The smallest absolute Gasteiger partial charge is 0.315 e. The van der Waals surface area contributed by atoms with E-state index in [0.29, 0.717) is 17.9 Å². The van der Waals surface area contributed by atoms with Crippen molar-refractivity contribution >= 4 is 12.0 Å². The van der Waals surface area contributed by atoms with Crippen molar-refractivity contribution in [1.29, 1.82) is 0 Å². The topological polar surface area (TPSA) is 78.4 Å². The maximum Gasteiger partial charge on any atom is 0.315 e. The molecule has 104 valence electrons. The number of amides is 2. The Hall–Kier alpha value is -1.26. The Morgan fingerprint density at radius 1 is 1.39 bits per heavy atom. The summed E-state index contributed by atoms with van der Waals surface area (Å²) in [7, 11) is 0. The summed E-state index contributed by atoms with van der Waals surface area (Å²) in [6.45, 7) is 8.82. The standard InChI is InChI=1S/C13H24N2O3/c1-8(2)10(5-11(16)17)15-12(18)14-7-9-6-13(9,3)4/h8-10H,5-7H2,1-4H3,(H,16,17)(H2,14,15,18). The first-order chi connectivity index (χ1) is 8.22. The lowest BCUT2D eigenvalue weighted by atomic mass is 10.0. The lowest BCUT2D eigenvalue weighted by Crippen LogP contribution is -2.46. The van der Waals surface area contributed by atoms with Crippen molar-refractivity contribution in [2.24, 2.45) is 17.3 Å². The van der Waals surface area contributed by atoms with Gasteiger partial charge in [-0.05, 0) is 23.7 Å². The Morgan fingerprint density at radius 3 is 2.33 bits per heavy atom. The first-order valence-electron chi connectivity index (χ1n) is 6.48. The molecule has 1 rings (SSSR count). The van der Waals surface area contributed by atoms with Crippen LogP contribution in [0.15, 0.2) is 0 Å². The highest BCUT2D eigenvalue weighted by molar-refractivity contribution is 5.75.